The number of benzene rings is 2. The normalized spacial score (nSPS) is 22.9. The SMILES string of the molecule is COC[C@@H]1[C@H](c2ccc(-c3ccccc3C)cc2)[C@@H]2CN(C(=O)c3cccnc3)CCCCN12. The van der Waals surface area contributed by atoms with Crippen molar-refractivity contribution < 1.29 is 9.53 Å². The van der Waals surface area contributed by atoms with Crippen LogP contribution in [-0.4, -0.2) is 66.1 Å². The first-order chi connectivity index (χ1) is 16.7. The molecule has 0 spiro atoms. The van der Waals surface area contributed by atoms with Crippen molar-refractivity contribution in [3.63, 3.8) is 0 Å². The largest absolute Gasteiger partial charge is 0.383 e. The maximum Gasteiger partial charge on any atom is 0.255 e. The predicted octanol–water partition coefficient (Wildman–Crippen LogP) is 4.78. The van der Waals surface area contributed by atoms with E-state index in [0.29, 0.717) is 30.2 Å². The maximum absolute atomic E-state index is 13.3. The summed E-state index contributed by atoms with van der Waals surface area (Å²) in [6.07, 6.45) is 5.50. The third-order valence-electron chi connectivity index (χ3n) is 7.47. The smallest absolute Gasteiger partial charge is 0.255 e. The predicted molar refractivity (Wildman–Crippen MR) is 135 cm³/mol. The fraction of sp³-hybridized carbons (Fsp3) is 0.379. The molecule has 1 aromatic heterocycles. The molecule has 2 aliphatic heterocycles. The zero-order valence-electron chi connectivity index (χ0n) is 20.1. The third-order valence-corrected chi connectivity index (χ3v) is 7.47. The van der Waals surface area contributed by atoms with Crippen molar-refractivity contribution >= 4 is 5.91 Å². The molecule has 0 bridgehead atoms. The number of aromatic nitrogens is 1. The van der Waals surface area contributed by atoms with E-state index in [1.807, 2.05) is 17.0 Å². The highest BCUT2D eigenvalue weighted by atomic mass is 16.5. The van der Waals surface area contributed by atoms with Crippen LogP contribution in [0.2, 0.25) is 0 Å². The van der Waals surface area contributed by atoms with Gasteiger partial charge < -0.3 is 9.64 Å². The molecule has 0 unspecified atom stereocenters. The molecule has 3 heterocycles. The standard InChI is InChI=1S/C29H33N3O2/c1-21-8-3-4-10-25(21)22-11-13-23(14-12-22)28-26-19-31(29(33)24-9-7-15-30-18-24)16-5-6-17-32(26)27(28)20-34-2/h3-4,7-15,18,26-28H,5-6,16-17,19-20H2,1-2H3/t26-,27+,28+/m0/s1. The number of nitrogens with zero attached hydrogens (tertiary/aromatic N) is 3. The van der Waals surface area contributed by atoms with Crippen molar-refractivity contribution in [3.8, 4) is 11.1 Å². The van der Waals surface area contributed by atoms with E-state index in [1.165, 1.54) is 22.3 Å². The summed E-state index contributed by atoms with van der Waals surface area (Å²) >= 11 is 0. The molecule has 2 fully saturated rings. The summed E-state index contributed by atoms with van der Waals surface area (Å²) < 4.78 is 5.64. The fourth-order valence-electron chi connectivity index (χ4n) is 5.73. The van der Waals surface area contributed by atoms with Crippen molar-refractivity contribution in [2.45, 2.75) is 37.8 Å². The number of amides is 1. The number of ether oxygens (including phenoxy) is 1. The maximum atomic E-state index is 13.3. The van der Waals surface area contributed by atoms with Crippen LogP contribution in [0.4, 0.5) is 0 Å². The lowest BCUT2D eigenvalue weighted by Crippen LogP contribution is -2.68. The zero-order valence-corrected chi connectivity index (χ0v) is 20.1. The van der Waals surface area contributed by atoms with Crippen LogP contribution in [0.1, 0.15) is 40.2 Å². The summed E-state index contributed by atoms with van der Waals surface area (Å²) in [7, 11) is 1.79. The van der Waals surface area contributed by atoms with Gasteiger partial charge in [0.25, 0.3) is 5.91 Å². The summed E-state index contributed by atoms with van der Waals surface area (Å²) in [5.74, 6) is 0.423. The van der Waals surface area contributed by atoms with E-state index in [2.05, 4.69) is 65.3 Å². The molecule has 3 aromatic rings. The lowest BCUT2D eigenvalue weighted by molar-refractivity contribution is -0.0680. The highest BCUT2D eigenvalue weighted by molar-refractivity contribution is 5.93. The molecular weight excluding hydrogens is 422 g/mol. The van der Waals surface area contributed by atoms with Gasteiger partial charge in [0.15, 0.2) is 0 Å². The first kappa shape index (κ1) is 22.8. The van der Waals surface area contributed by atoms with E-state index in [4.69, 9.17) is 4.74 Å². The van der Waals surface area contributed by atoms with Crippen LogP contribution in [0, 0.1) is 6.92 Å². The fourth-order valence-corrected chi connectivity index (χ4v) is 5.73. The number of carbonyl (C=O) groups is 1. The van der Waals surface area contributed by atoms with Crippen molar-refractivity contribution in [2.24, 2.45) is 0 Å². The monoisotopic (exact) mass is 455 g/mol. The molecule has 5 heteroatoms. The van der Waals surface area contributed by atoms with Crippen LogP contribution in [0.3, 0.4) is 0 Å². The van der Waals surface area contributed by atoms with Gasteiger partial charge in [-0.15, -0.1) is 0 Å². The second-order valence-electron chi connectivity index (χ2n) is 9.49. The van der Waals surface area contributed by atoms with Crippen LogP contribution in [0.15, 0.2) is 73.1 Å². The van der Waals surface area contributed by atoms with Gasteiger partial charge in [0.2, 0.25) is 0 Å². The number of fused-ring (bicyclic) bond motifs is 1. The van der Waals surface area contributed by atoms with Gasteiger partial charge in [-0.1, -0.05) is 48.5 Å². The Kier molecular flexibility index (Phi) is 6.75. The van der Waals surface area contributed by atoms with Gasteiger partial charge >= 0.3 is 0 Å². The molecule has 34 heavy (non-hydrogen) atoms. The van der Waals surface area contributed by atoms with Gasteiger partial charge in [0.1, 0.15) is 0 Å². The molecule has 0 N–H and O–H groups in total. The molecule has 0 radical (unpaired) electrons. The van der Waals surface area contributed by atoms with Gasteiger partial charge in [0, 0.05) is 50.6 Å². The molecule has 2 saturated heterocycles. The van der Waals surface area contributed by atoms with E-state index in [1.54, 1.807) is 19.5 Å². The summed E-state index contributed by atoms with van der Waals surface area (Å²) in [6.45, 7) is 5.46. The van der Waals surface area contributed by atoms with Crippen LogP contribution >= 0.6 is 0 Å². The topological polar surface area (TPSA) is 45.7 Å². The van der Waals surface area contributed by atoms with Crippen molar-refractivity contribution in [2.75, 3.05) is 33.4 Å². The molecule has 2 aliphatic rings. The Balaban J connectivity index is 1.41. The summed E-state index contributed by atoms with van der Waals surface area (Å²) in [5.41, 5.74) is 5.80. The molecule has 5 nitrogen and oxygen atoms in total. The molecular formula is C29H33N3O2. The van der Waals surface area contributed by atoms with E-state index < -0.39 is 0 Å². The van der Waals surface area contributed by atoms with Crippen molar-refractivity contribution in [3.05, 3.63) is 89.7 Å². The number of hydrogen-bond acceptors (Lipinski definition) is 4. The van der Waals surface area contributed by atoms with Gasteiger partial charge in [-0.2, -0.15) is 0 Å². The second kappa shape index (κ2) is 10.1. The molecule has 0 saturated carbocycles. The Morgan fingerprint density at radius 2 is 1.82 bits per heavy atom. The van der Waals surface area contributed by atoms with E-state index in [9.17, 15) is 4.79 Å². The quantitative estimate of drug-likeness (QED) is 0.556. The number of aryl methyl sites for hydroxylation is 1. The molecule has 176 valence electrons. The van der Waals surface area contributed by atoms with Crippen LogP contribution in [0.25, 0.3) is 11.1 Å². The van der Waals surface area contributed by atoms with Crippen LogP contribution < -0.4 is 0 Å². The summed E-state index contributed by atoms with van der Waals surface area (Å²) in [6, 6.07) is 21.9. The highest BCUT2D eigenvalue weighted by Crippen LogP contribution is 2.43. The average Bonchev–Trinajstić information content (AvgIpc) is 2.86. The first-order valence-electron chi connectivity index (χ1n) is 12.3. The van der Waals surface area contributed by atoms with Crippen molar-refractivity contribution in [1.82, 2.24) is 14.8 Å². The van der Waals surface area contributed by atoms with Gasteiger partial charge in [-0.25, -0.2) is 0 Å². The van der Waals surface area contributed by atoms with Crippen LogP contribution in [-0.2, 0) is 4.74 Å². The lowest BCUT2D eigenvalue weighted by Gasteiger charge is -2.57. The molecule has 1 amide bonds. The number of rotatable bonds is 5. The zero-order chi connectivity index (χ0) is 23.5. The Morgan fingerprint density at radius 3 is 2.56 bits per heavy atom. The van der Waals surface area contributed by atoms with E-state index >= 15 is 0 Å². The van der Waals surface area contributed by atoms with Gasteiger partial charge in [-0.05, 0) is 60.7 Å². The summed E-state index contributed by atoms with van der Waals surface area (Å²) in [4.78, 5) is 22.0. The molecule has 3 atom stereocenters. The minimum Gasteiger partial charge on any atom is -0.383 e. The van der Waals surface area contributed by atoms with Crippen molar-refractivity contribution in [1.29, 1.82) is 0 Å². The van der Waals surface area contributed by atoms with E-state index in [0.717, 1.165) is 32.5 Å². The third kappa shape index (κ3) is 4.38. The van der Waals surface area contributed by atoms with Crippen LogP contribution in [0.5, 0.6) is 0 Å². The lowest BCUT2D eigenvalue weighted by atomic mass is 9.74. The average molecular weight is 456 g/mol. The second-order valence-corrected chi connectivity index (χ2v) is 9.49. The Hall–Kier alpha value is -3.02. The van der Waals surface area contributed by atoms with Gasteiger partial charge in [0.05, 0.1) is 12.2 Å². The number of pyridine rings is 1. The van der Waals surface area contributed by atoms with Gasteiger partial charge in [-0.3, -0.25) is 14.7 Å². The number of carbonyl (C=O) groups excluding carboxylic acids is 1. The Bertz CT molecular complexity index is 1120. The Morgan fingerprint density at radius 1 is 1.03 bits per heavy atom. The molecule has 2 aromatic carbocycles. The highest BCUT2D eigenvalue weighted by Gasteiger charge is 2.49. The van der Waals surface area contributed by atoms with E-state index in [-0.39, 0.29) is 5.91 Å². The minimum absolute atomic E-state index is 0.0822. The number of hydrogen-bond donors (Lipinski definition) is 0. The first-order valence-corrected chi connectivity index (χ1v) is 12.3. The number of methoxy groups -OCH3 is 1. The minimum atomic E-state index is 0.0822. The summed E-state index contributed by atoms with van der Waals surface area (Å²) in [5, 5.41) is 0. The molecule has 5 rings (SSSR count). The molecule has 0 aliphatic carbocycles. The Labute approximate surface area is 202 Å².